The van der Waals surface area contributed by atoms with E-state index in [0.29, 0.717) is 19.4 Å². The Bertz CT molecular complexity index is 1040. The molecule has 4 fully saturated rings. The van der Waals surface area contributed by atoms with Gasteiger partial charge in [0.1, 0.15) is 6.17 Å². The number of allylic oxidation sites excluding steroid dienone is 4. The quantitative estimate of drug-likeness (QED) is 0.447. The predicted molar refractivity (Wildman–Crippen MR) is 125 cm³/mol. The highest BCUT2D eigenvalue weighted by Crippen LogP contribution is 2.71. The number of esters is 1. The van der Waals surface area contributed by atoms with Crippen LogP contribution in [0.2, 0.25) is 0 Å². The van der Waals surface area contributed by atoms with Gasteiger partial charge in [0.25, 0.3) is 0 Å². The van der Waals surface area contributed by atoms with Gasteiger partial charge in [0, 0.05) is 29.3 Å². The highest BCUT2D eigenvalue weighted by atomic mass is 32.1. The summed E-state index contributed by atoms with van der Waals surface area (Å²) >= 11 is 4.16. The number of aliphatic hydroxyl groups is 1. The zero-order chi connectivity index (χ0) is 25.6. The van der Waals surface area contributed by atoms with E-state index in [2.05, 4.69) is 12.6 Å². The highest BCUT2D eigenvalue weighted by molar-refractivity contribution is 7.96. The first-order valence-electron chi connectivity index (χ1n) is 12.3. The van der Waals surface area contributed by atoms with Crippen molar-refractivity contribution in [2.24, 2.45) is 34.5 Å². The second-order valence-electron chi connectivity index (χ2n) is 11.5. The van der Waals surface area contributed by atoms with Crippen molar-refractivity contribution in [3.8, 4) is 0 Å². The molecule has 4 aliphatic carbocycles. The second kappa shape index (κ2) is 7.96. The molecule has 0 radical (unpaired) electrons. The van der Waals surface area contributed by atoms with Gasteiger partial charge in [0.15, 0.2) is 17.1 Å². The SMILES string of the molecule is C[C@@H]1C[C@H]2[C@@H]3C[C@H](F)C4=CC(=O)C=C[C@]4(C)[C@@]3(F)[C@@H](O)C[C@]2(C)[C@@]1(OC(=O)C1CCOC1)C(=O)S. The van der Waals surface area contributed by atoms with E-state index >= 15 is 8.78 Å². The summed E-state index contributed by atoms with van der Waals surface area (Å²) in [6.45, 7) is 5.65. The molecule has 1 unspecified atom stereocenters. The van der Waals surface area contributed by atoms with E-state index in [9.17, 15) is 19.5 Å². The molecule has 0 bridgehead atoms. The number of rotatable bonds is 3. The van der Waals surface area contributed by atoms with Crippen molar-refractivity contribution in [2.45, 2.75) is 70.0 Å². The van der Waals surface area contributed by atoms with Crippen LogP contribution in [-0.4, -0.2) is 58.7 Å². The van der Waals surface area contributed by atoms with Gasteiger partial charge in [-0.1, -0.05) is 19.9 Å². The zero-order valence-corrected chi connectivity index (χ0v) is 21.0. The van der Waals surface area contributed by atoms with E-state index in [1.165, 1.54) is 19.1 Å². The number of alkyl halides is 2. The Morgan fingerprint density at radius 2 is 1.97 bits per heavy atom. The van der Waals surface area contributed by atoms with Gasteiger partial charge in [0.2, 0.25) is 5.12 Å². The minimum Gasteiger partial charge on any atom is -0.449 e. The van der Waals surface area contributed by atoms with Crippen LogP contribution in [0.3, 0.4) is 0 Å². The normalized spacial score (nSPS) is 50.7. The molecule has 6 nitrogen and oxygen atoms in total. The van der Waals surface area contributed by atoms with Gasteiger partial charge in [-0.05, 0) is 56.3 Å². The monoisotopic (exact) mass is 510 g/mol. The summed E-state index contributed by atoms with van der Waals surface area (Å²) in [5.41, 5.74) is -6.58. The van der Waals surface area contributed by atoms with Gasteiger partial charge in [-0.25, -0.2) is 8.78 Å². The van der Waals surface area contributed by atoms with E-state index in [1.807, 2.05) is 0 Å². The Balaban J connectivity index is 1.60. The first-order chi connectivity index (χ1) is 16.3. The molecule has 0 aromatic heterocycles. The van der Waals surface area contributed by atoms with Crippen molar-refractivity contribution in [1.82, 2.24) is 0 Å². The third-order valence-electron chi connectivity index (χ3n) is 10.0. The van der Waals surface area contributed by atoms with Gasteiger partial charge in [0.05, 0.1) is 18.6 Å². The zero-order valence-electron chi connectivity index (χ0n) is 20.1. The van der Waals surface area contributed by atoms with E-state index < -0.39 is 74.9 Å². The van der Waals surface area contributed by atoms with Crippen LogP contribution in [0, 0.1) is 34.5 Å². The van der Waals surface area contributed by atoms with Crippen LogP contribution in [-0.2, 0) is 23.9 Å². The molecule has 1 saturated heterocycles. The van der Waals surface area contributed by atoms with Crippen molar-refractivity contribution in [3.05, 3.63) is 23.8 Å². The van der Waals surface area contributed by atoms with Crippen LogP contribution in [0.15, 0.2) is 23.8 Å². The number of ether oxygens (including phenoxy) is 2. The molecule has 9 heteroatoms. The number of hydrogen-bond donors (Lipinski definition) is 2. The average molecular weight is 511 g/mol. The summed E-state index contributed by atoms with van der Waals surface area (Å²) < 4.78 is 44.2. The summed E-state index contributed by atoms with van der Waals surface area (Å²) in [6, 6.07) is 0. The Morgan fingerprint density at radius 3 is 2.60 bits per heavy atom. The summed E-state index contributed by atoms with van der Waals surface area (Å²) in [7, 11) is 0. The maximum Gasteiger partial charge on any atom is 0.312 e. The fourth-order valence-corrected chi connectivity index (χ4v) is 8.72. The smallest absolute Gasteiger partial charge is 0.312 e. The Kier molecular flexibility index (Phi) is 5.70. The maximum absolute atomic E-state index is 17.3. The predicted octanol–water partition coefficient (Wildman–Crippen LogP) is 3.33. The highest BCUT2D eigenvalue weighted by Gasteiger charge is 2.78. The van der Waals surface area contributed by atoms with Gasteiger partial charge in [-0.3, -0.25) is 14.4 Å². The fourth-order valence-electron chi connectivity index (χ4n) is 8.20. The second-order valence-corrected chi connectivity index (χ2v) is 11.9. The molecule has 35 heavy (non-hydrogen) atoms. The molecule has 0 spiro atoms. The molecule has 0 amide bonds. The lowest BCUT2D eigenvalue weighted by molar-refractivity contribution is -0.229. The maximum atomic E-state index is 17.3. The first-order valence-corrected chi connectivity index (χ1v) is 12.8. The third kappa shape index (κ3) is 3.04. The van der Waals surface area contributed by atoms with Crippen LogP contribution in [0.25, 0.3) is 0 Å². The average Bonchev–Trinajstić information content (AvgIpc) is 3.39. The lowest BCUT2D eigenvalue weighted by atomic mass is 9.44. The lowest BCUT2D eigenvalue weighted by Crippen LogP contribution is -2.70. The summed E-state index contributed by atoms with van der Waals surface area (Å²) in [4.78, 5) is 38.2. The van der Waals surface area contributed by atoms with Crippen LogP contribution < -0.4 is 0 Å². The molecule has 1 aliphatic heterocycles. The number of carbonyl (C=O) groups excluding carboxylic acids is 3. The molecule has 192 valence electrons. The van der Waals surface area contributed by atoms with E-state index in [1.54, 1.807) is 13.8 Å². The lowest BCUT2D eigenvalue weighted by Gasteiger charge is -2.63. The van der Waals surface area contributed by atoms with Gasteiger partial charge < -0.3 is 14.6 Å². The molecule has 1 heterocycles. The van der Waals surface area contributed by atoms with Crippen LogP contribution in [0.4, 0.5) is 8.78 Å². The summed E-state index contributed by atoms with van der Waals surface area (Å²) in [6.07, 6.45) is 0.978. The molecule has 5 rings (SSSR count). The molecule has 3 saturated carbocycles. The third-order valence-corrected chi connectivity index (χ3v) is 10.3. The van der Waals surface area contributed by atoms with E-state index in [4.69, 9.17) is 9.47 Å². The van der Waals surface area contributed by atoms with Crippen LogP contribution >= 0.6 is 12.6 Å². The van der Waals surface area contributed by atoms with Gasteiger partial charge in [-0.2, -0.15) is 0 Å². The standard InChI is InChI=1S/C26H32F2O6S/c1-13-8-16-17-10-19(27)18-9-15(29)4-6-23(18,2)25(17,28)20(30)11-24(16,3)26(13,22(32)35)34-21(31)14-5-7-33-12-14/h4,6,9,13-14,16-17,19-20,30H,5,7-8,10-12H2,1-3H3,(H,32,35)/t13-,14?,16+,17+,19+,20+,23+,24+,25+,26+/m1/s1. The number of aliphatic hydroxyl groups excluding tert-OH is 1. The summed E-state index contributed by atoms with van der Waals surface area (Å²) in [5, 5.41) is 10.8. The van der Waals surface area contributed by atoms with Gasteiger partial charge >= 0.3 is 5.97 Å². The summed E-state index contributed by atoms with van der Waals surface area (Å²) in [5.74, 6) is -3.52. The molecule has 0 aromatic rings. The number of fused-ring (bicyclic) bond motifs is 5. The van der Waals surface area contributed by atoms with Crippen molar-refractivity contribution in [2.75, 3.05) is 13.2 Å². The number of thiol groups is 1. The fraction of sp³-hybridized carbons (Fsp3) is 0.731. The molecule has 1 N–H and O–H groups in total. The first kappa shape index (κ1) is 25.1. The van der Waals surface area contributed by atoms with Crippen molar-refractivity contribution < 1.29 is 37.7 Å². The van der Waals surface area contributed by atoms with Gasteiger partial charge in [-0.15, -0.1) is 12.6 Å². The van der Waals surface area contributed by atoms with E-state index in [-0.39, 0.29) is 25.0 Å². The van der Waals surface area contributed by atoms with E-state index in [0.717, 1.165) is 6.08 Å². The minimum atomic E-state index is -2.26. The largest absolute Gasteiger partial charge is 0.449 e. The molecule has 5 aliphatic rings. The van der Waals surface area contributed by atoms with Crippen LogP contribution in [0.5, 0.6) is 0 Å². The topological polar surface area (TPSA) is 89.9 Å². The Labute approximate surface area is 208 Å². The van der Waals surface area contributed by atoms with Crippen molar-refractivity contribution >= 4 is 29.5 Å². The minimum absolute atomic E-state index is 0.0432. The number of halogens is 2. The van der Waals surface area contributed by atoms with Crippen molar-refractivity contribution in [1.29, 1.82) is 0 Å². The van der Waals surface area contributed by atoms with Crippen molar-refractivity contribution in [3.63, 3.8) is 0 Å². The molecule has 0 aromatic carbocycles. The number of ketones is 1. The molecule has 10 atom stereocenters. The van der Waals surface area contributed by atoms with Crippen LogP contribution in [0.1, 0.15) is 46.5 Å². The molecular formula is C26H32F2O6S. The molecular weight excluding hydrogens is 478 g/mol. The number of carbonyl (C=O) groups is 3. The Hall–Kier alpha value is -1.58. The number of hydrogen-bond acceptors (Lipinski definition) is 6. The Morgan fingerprint density at radius 1 is 1.26 bits per heavy atom.